The predicted octanol–water partition coefficient (Wildman–Crippen LogP) is 4.53. The van der Waals surface area contributed by atoms with E-state index in [1.54, 1.807) is 49.4 Å². The lowest BCUT2D eigenvalue weighted by Gasteiger charge is -2.38. The molecule has 0 fully saturated rings. The molecule has 2 amide bonds. The van der Waals surface area contributed by atoms with Gasteiger partial charge in [0.15, 0.2) is 0 Å². The van der Waals surface area contributed by atoms with E-state index in [1.165, 1.54) is 0 Å². The average Bonchev–Trinajstić information content (AvgIpc) is 2.61. The molecule has 1 atom stereocenters. The van der Waals surface area contributed by atoms with Crippen molar-refractivity contribution in [2.24, 2.45) is 0 Å². The van der Waals surface area contributed by atoms with Crippen molar-refractivity contribution in [2.75, 3.05) is 15.8 Å². The van der Waals surface area contributed by atoms with Crippen LogP contribution in [0.5, 0.6) is 5.75 Å². The van der Waals surface area contributed by atoms with Gasteiger partial charge in [-0.25, -0.2) is 13.2 Å². The highest BCUT2D eigenvalue weighted by molar-refractivity contribution is 7.92. The van der Waals surface area contributed by atoms with Gasteiger partial charge in [-0.1, -0.05) is 17.7 Å². The number of amides is 2. The van der Waals surface area contributed by atoms with Gasteiger partial charge in [0.25, 0.3) is 0 Å². The topological polar surface area (TPSA) is 96.5 Å². The maximum absolute atomic E-state index is 12.6. The van der Waals surface area contributed by atoms with Crippen LogP contribution in [0.15, 0.2) is 42.5 Å². The summed E-state index contributed by atoms with van der Waals surface area (Å²) in [6.07, 6.45) is 0.521. The number of fused-ring (bicyclic) bond motifs is 1. The number of carbonyl (C=O) groups is 1. The van der Waals surface area contributed by atoms with Crippen LogP contribution in [0.4, 0.5) is 16.2 Å². The van der Waals surface area contributed by atoms with E-state index in [0.717, 1.165) is 0 Å². The molecule has 3 N–H and O–H groups in total. The molecule has 0 aliphatic carbocycles. The Bertz CT molecular complexity index is 1020. The van der Waals surface area contributed by atoms with Crippen LogP contribution in [0.3, 0.4) is 0 Å². The molecule has 0 aromatic heterocycles. The van der Waals surface area contributed by atoms with Gasteiger partial charge in [0.2, 0.25) is 10.0 Å². The molecule has 156 valence electrons. The number of carbonyl (C=O) groups excluding carboxylic acids is 1. The van der Waals surface area contributed by atoms with Gasteiger partial charge in [-0.05, 0) is 57.2 Å². The molecule has 29 heavy (non-hydrogen) atoms. The van der Waals surface area contributed by atoms with Crippen LogP contribution in [0, 0.1) is 0 Å². The number of ether oxygens (including phenoxy) is 1. The number of nitrogens with one attached hydrogen (secondary N) is 3. The number of benzene rings is 2. The molecule has 1 aliphatic heterocycles. The zero-order valence-corrected chi connectivity index (χ0v) is 18.0. The molecule has 1 heterocycles. The van der Waals surface area contributed by atoms with Crippen LogP contribution in [0.25, 0.3) is 0 Å². The van der Waals surface area contributed by atoms with E-state index < -0.39 is 15.6 Å². The number of urea groups is 1. The first-order valence-electron chi connectivity index (χ1n) is 9.23. The molecule has 1 aliphatic rings. The molecular weight excluding hydrogens is 414 g/mol. The monoisotopic (exact) mass is 437 g/mol. The highest BCUT2D eigenvalue weighted by Crippen LogP contribution is 2.40. The lowest BCUT2D eigenvalue weighted by molar-refractivity contribution is 0.0683. The summed E-state index contributed by atoms with van der Waals surface area (Å²) in [6.45, 7) is 5.44. The Balaban J connectivity index is 1.84. The second-order valence-electron chi connectivity index (χ2n) is 7.49. The smallest absolute Gasteiger partial charge is 0.319 e. The van der Waals surface area contributed by atoms with Gasteiger partial charge in [0, 0.05) is 28.4 Å². The van der Waals surface area contributed by atoms with Crippen molar-refractivity contribution in [2.45, 2.75) is 38.8 Å². The Morgan fingerprint density at radius 1 is 1.21 bits per heavy atom. The molecule has 3 rings (SSSR count). The van der Waals surface area contributed by atoms with Gasteiger partial charge in [0.1, 0.15) is 11.4 Å². The summed E-state index contributed by atoms with van der Waals surface area (Å²) in [5.74, 6) is 0.575. The van der Waals surface area contributed by atoms with Crippen molar-refractivity contribution < 1.29 is 17.9 Å². The Labute approximate surface area is 175 Å². The molecule has 0 spiro atoms. The largest absolute Gasteiger partial charge is 0.487 e. The van der Waals surface area contributed by atoms with Crippen LogP contribution in [-0.2, 0) is 10.0 Å². The molecule has 0 saturated heterocycles. The van der Waals surface area contributed by atoms with E-state index in [9.17, 15) is 13.2 Å². The van der Waals surface area contributed by atoms with E-state index in [-0.39, 0.29) is 17.8 Å². The first kappa shape index (κ1) is 21.3. The number of halogens is 1. The van der Waals surface area contributed by atoms with Crippen LogP contribution < -0.4 is 20.1 Å². The van der Waals surface area contributed by atoms with Gasteiger partial charge in [-0.15, -0.1) is 0 Å². The number of hydrogen-bond acceptors (Lipinski definition) is 4. The van der Waals surface area contributed by atoms with Crippen molar-refractivity contribution in [3.05, 3.63) is 53.1 Å². The molecule has 1 unspecified atom stereocenters. The zero-order chi connectivity index (χ0) is 21.2. The number of rotatable bonds is 5. The van der Waals surface area contributed by atoms with Crippen LogP contribution >= 0.6 is 11.6 Å². The Morgan fingerprint density at radius 2 is 1.97 bits per heavy atom. The van der Waals surface area contributed by atoms with Crippen molar-refractivity contribution in [3.63, 3.8) is 0 Å². The van der Waals surface area contributed by atoms with Gasteiger partial charge >= 0.3 is 6.03 Å². The van der Waals surface area contributed by atoms with Crippen molar-refractivity contribution >= 4 is 39.0 Å². The second kappa shape index (κ2) is 8.12. The van der Waals surface area contributed by atoms with Gasteiger partial charge in [-0.3, -0.25) is 4.72 Å². The fraction of sp³-hybridized carbons (Fsp3) is 0.350. The van der Waals surface area contributed by atoms with E-state index in [2.05, 4.69) is 15.4 Å². The summed E-state index contributed by atoms with van der Waals surface area (Å²) in [6, 6.07) is 11.2. The standard InChI is InChI=1S/C20H24ClN3O4S/c1-4-29(26,27)24-15-8-9-18-16(11-15)17(12-20(2,3)28-18)23-19(25)22-14-7-5-6-13(21)10-14/h5-11,17,24H,4,12H2,1-3H3,(H2,22,23,25). The zero-order valence-electron chi connectivity index (χ0n) is 16.5. The van der Waals surface area contributed by atoms with E-state index in [1.807, 2.05) is 13.8 Å². The fourth-order valence-electron chi connectivity index (χ4n) is 3.19. The van der Waals surface area contributed by atoms with Crippen LogP contribution in [0.2, 0.25) is 5.02 Å². The maximum Gasteiger partial charge on any atom is 0.319 e. The summed E-state index contributed by atoms with van der Waals surface area (Å²) in [7, 11) is -3.41. The van der Waals surface area contributed by atoms with E-state index >= 15 is 0 Å². The summed E-state index contributed by atoms with van der Waals surface area (Å²) < 4.78 is 32.3. The van der Waals surface area contributed by atoms with Crippen LogP contribution in [-0.4, -0.2) is 25.8 Å². The quantitative estimate of drug-likeness (QED) is 0.640. The second-order valence-corrected chi connectivity index (χ2v) is 9.93. The van der Waals surface area contributed by atoms with Crippen LogP contribution in [0.1, 0.15) is 38.8 Å². The highest BCUT2D eigenvalue weighted by atomic mass is 35.5. The van der Waals surface area contributed by atoms with Crippen molar-refractivity contribution in [1.82, 2.24) is 5.32 Å². The maximum atomic E-state index is 12.6. The minimum Gasteiger partial charge on any atom is -0.487 e. The number of hydrogen-bond donors (Lipinski definition) is 3. The normalized spacial score (nSPS) is 17.6. The van der Waals surface area contributed by atoms with Crippen molar-refractivity contribution in [3.8, 4) is 5.75 Å². The molecule has 2 aromatic rings. The third-order valence-corrected chi connectivity index (χ3v) is 6.05. The van der Waals surface area contributed by atoms with E-state index in [4.69, 9.17) is 16.3 Å². The third-order valence-electron chi connectivity index (χ3n) is 4.51. The minimum atomic E-state index is -3.41. The Morgan fingerprint density at radius 3 is 2.66 bits per heavy atom. The molecule has 0 saturated carbocycles. The molecule has 9 heteroatoms. The van der Waals surface area contributed by atoms with Gasteiger partial charge < -0.3 is 15.4 Å². The minimum absolute atomic E-state index is 0.0304. The molecule has 7 nitrogen and oxygen atoms in total. The van der Waals surface area contributed by atoms with Gasteiger partial charge in [0.05, 0.1) is 11.8 Å². The molecular formula is C20H24ClN3O4S. The highest BCUT2D eigenvalue weighted by Gasteiger charge is 2.35. The molecule has 2 aromatic carbocycles. The summed E-state index contributed by atoms with van der Waals surface area (Å²) in [5, 5.41) is 6.24. The number of anilines is 2. The predicted molar refractivity (Wildman–Crippen MR) is 115 cm³/mol. The van der Waals surface area contributed by atoms with Gasteiger partial charge in [-0.2, -0.15) is 0 Å². The first-order valence-corrected chi connectivity index (χ1v) is 11.3. The summed E-state index contributed by atoms with van der Waals surface area (Å²) >= 11 is 5.96. The Hall–Kier alpha value is -2.45. The first-order chi connectivity index (χ1) is 13.6. The summed E-state index contributed by atoms with van der Waals surface area (Å²) in [5.41, 5.74) is 1.22. The lowest BCUT2D eigenvalue weighted by atomic mass is 9.89. The fourth-order valence-corrected chi connectivity index (χ4v) is 4.01. The summed E-state index contributed by atoms with van der Waals surface area (Å²) in [4.78, 5) is 12.6. The third kappa shape index (κ3) is 5.55. The average molecular weight is 438 g/mol. The lowest BCUT2D eigenvalue weighted by Crippen LogP contribution is -2.42. The Kier molecular flexibility index (Phi) is 5.95. The van der Waals surface area contributed by atoms with E-state index in [0.29, 0.717) is 34.1 Å². The van der Waals surface area contributed by atoms with Crippen molar-refractivity contribution in [1.29, 1.82) is 0 Å². The number of sulfonamides is 1. The SMILES string of the molecule is CCS(=O)(=O)Nc1ccc2c(c1)C(NC(=O)Nc1cccc(Cl)c1)CC(C)(C)O2. The molecule has 0 radical (unpaired) electrons. The molecule has 0 bridgehead atoms.